The van der Waals surface area contributed by atoms with Crippen LogP contribution in [-0.2, 0) is 14.4 Å². The summed E-state index contributed by atoms with van der Waals surface area (Å²) in [7, 11) is 0. The first-order valence-electron chi connectivity index (χ1n) is 8.34. The average Bonchev–Trinajstić information content (AvgIpc) is 2.69. The second-order valence-electron chi connectivity index (χ2n) is 5.89. The molecule has 0 aliphatic rings. The fraction of sp³-hybridized carbons (Fsp3) is 0. The Kier molecular flexibility index (Phi) is 7.58. The fourth-order valence-electron chi connectivity index (χ4n) is 2.25. The summed E-state index contributed by atoms with van der Waals surface area (Å²) in [6.45, 7) is 0. The molecule has 166 valence electrons. The number of benzene rings is 2. The molecule has 5 N–H and O–H groups in total. The van der Waals surface area contributed by atoms with Crippen molar-refractivity contribution < 1.29 is 43.0 Å². The molecule has 0 aliphatic heterocycles. The number of nitrogens with one attached hydrogen (secondary N) is 3. The van der Waals surface area contributed by atoms with Gasteiger partial charge in [0, 0.05) is 11.8 Å². The number of hydrogen-bond donors (Lipinski definition) is 5. The maximum absolute atomic E-state index is 13.4. The monoisotopic (exact) mass is 467 g/mol. The molecule has 2 aromatic carbocycles. The molecule has 2 rings (SSSR count). The van der Waals surface area contributed by atoms with Crippen molar-refractivity contribution in [2.45, 2.75) is 0 Å². The number of hydrogen-bond acceptors (Lipinski definition) is 5. The minimum atomic E-state index is -1.78. The zero-order chi connectivity index (χ0) is 24.0. The van der Waals surface area contributed by atoms with Crippen molar-refractivity contribution in [3.63, 3.8) is 0 Å². The van der Waals surface area contributed by atoms with Gasteiger partial charge in [0.15, 0.2) is 11.6 Å². The second-order valence-corrected chi connectivity index (χ2v) is 6.29. The molecule has 0 fully saturated rings. The first kappa shape index (κ1) is 24.0. The van der Waals surface area contributed by atoms with Crippen LogP contribution in [0.15, 0.2) is 36.4 Å². The van der Waals surface area contributed by atoms with Gasteiger partial charge in [0.25, 0.3) is 5.91 Å². The molecule has 0 heterocycles. The molecule has 13 heteroatoms. The van der Waals surface area contributed by atoms with Crippen LogP contribution in [0.2, 0.25) is 5.02 Å². The highest BCUT2D eigenvalue weighted by molar-refractivity contribution is 6.36. The van der Waals surface area contributed by atoms with Crippen LogP contribution in [0.3, 0.4) is 0 Å². The minimum absolute atomic E-state index is 0.0739. The summed E-state index contributed by atoms with van der Waals surface area (Å²) < 4.78 is 26.5. The van der Waals surface area contributed by atoms with E-state index in [1.807, 2.05) is 10.6 Å². The van der Waals surface area contributed by atoms with Crippen molar-refractivity contribution in [2.24, 2.45) is 0 Å². The van der Waals surface area contributed by atoms with E-state index < -0.39 is 52.0 Å². The van der Waals surface area contributed by atoms with Crippen LogP contribution in [0, 0.1) is 11.6 Å². The van der Waals surface area contributed by atoms with Crippen molar-refractivity contribution >= 4 is 58.8 Å². The molecule has 0 bridgehead atoms. The maximum atomic E-state index is 13.4. The lowest BCUT2D eigenvalue weighted by Crippen LogP contribution is -2.34. The highest BCUT2D eigenvalue weighted by Crippen LogP contribution is 2.23. The summed E-state index contributed by atoms with van der Waals surface area (Å²) in [6.07, 6.45) is 1.81. The number of carboxylic acid groups (broad SMARTS) is 2. The van der Waals surface area contributed by atoms with E-state index in [0.29, 0.717) is 12.1 Å². The lowest BCUT2D eigenvalue weighted by Gasteiger charge is -2.12. The average molecular weight is 468 g/mol. The van der Waals surface area contributed by atoms with E-state index in [4.69, 9.17) is 21.8 Å². The van der Waals surface area contributed by atoms with Crippen LogP contribution in [0.1, 0.15) is 15.9 Å². The molecule has 0 saturated heterocycles. The number of imide groups is 1. The topological polar surface area (TPSA) is 162 Å². The molecule has 32 heavy (non-hydrogen) atoms. The third-order valence-electron chi connectivity index (χ3n) is 3.64. The zero-order valence-corrected chi connectivity index (χ0v) is 16.4. The van der Waals surface area contributed by atoms with Crippen LogP contribution in [0.4, 0.5) is 25.0 Å². The van der Waals surface area contributed by atoms with Gasteiger partial charge in [-0.3, -0.25) is 14.9 Å². The highest BCUT2D eigenvalue weighted by Gasteiger charge is 2.18. The Morgan fingerprint density at radius 3 is 2.22 bits per heavy atom. The number of halogens is 3. The number of urea groups is 1. The summed E-state index contributed by atoms with van der Waals surface area (Å²) in [4.78, 5) is 57.1. The number of anilines is 2. The largest absolute Gasteiger partial charge is 0.478 e. The molecule has 0 radical (unpaired) electrons. The Morgan fingerprint density at radius 2 is 1.59 bits per heavy atom. The molecular weight excluding hydrogens is 456 g/mol. The normalized spacial score (nSPS) is 10.5. The van der Waals surface area contributed by atoms with Crippen molar-refractivity contribution in [3.8, 4) is 0 Å². The minimum Gasteiger partial charge on any atom is -0.478 e. The van der Waals surface area contributed by atoms with Crippen molar-refractivity contribution in [2.75, 3.05) is 10.6 Å². The highest BCUT2D eigenvalue weighted by atomic mass is 35.5. The van der Waals surface area contributed by atoms with E-state index in [0.717, 1.165) is 18.2 Å². The summed E-state index contributed by atoms with van der Waals surface area (Å²) >= 11 is 5.68. The first-order chi connectivity index (χ1) is 15.0. The fourth-order valence-corrected chi connectivity index (χ4v) is 2.49. The van der Waals surface area contributed by atoms with E-state index in [9.17, 15) is 32.8 Å². The second kappa shape index (κ2) is 10.1. The number of amides is 4. The van der Waals surface area contributed by atoms with Gasteiger partial charge in [-0.15, -0.1) is 0 Å². The molecule has 0 aromatic heterocycles. The third kappa shape index (κ3) is 6.34. The van der Waals surface area contributed by atoms with Gasteiger partial charge in [0.05, 0.1) is 16.3 Å². The van der Waals surface area contributed by atoms with Crippen molar-refractivity contribution in [1.29, 1.82) is 0 Å². The van der Waals surface area contributed by atoms with E-state index in [1.54, 1.807) is 0 Å². The van der Waals surface area contributed by atoms with Crippen LogP contribution >= 0.6 is 11.6 Å². The zero-order valence-electron chi connectivity index (χ0n) is 15.6. The first-order valence-corrected chi connectivity index (χ1v) is 8.72. The lowest BCUT2D eigenvalue weighted by molar-refractivity contribution is -0.147. The molecule has 0 saturated carbocycles. The Bertz CT molecular complexity index is 1170. The van der Waals surface area contributed by atoms with Gasteiger partial charge in [-0.25, -0.2) is 23.2 Å². The van der Waals surface area contributed by atoms with E-state index in [1.165, 1.54) is 12.1 Å². The third-order valence-corrected chi connectivity index (χ3v) is 3.95. The van der Waals surface area contributed by atoms with Gasteiger partial charge in [0.2, 0.25) is 0 Å². The van der Waals surface area contributed by atoms with Gasteiger partial charge >= 0.3 is 23.9 Å². The lowest BCUT2D eigenvalue weighted by atomic mass is 10.1. The van der Waals surface area contributed by atoms with Crippen LogP contribution in [-0.4, -0.2) is 40.0 Å². The summed E-state index contributed by atoms with van der Waals surface area (Å²) in [5, 5.41) is 23.0. The Morgan fingerprint density at radius 1 is 0.938 bits per heavy atom. The molecule has 0 atom stereocenters. The van der Waals surface area contributed by atoms with E-state index >= 15 is 0 Å². The number of carboxylic acids is 2. The molecule has 4 amide bonds. The Balaban J connectivity index is 2.27. The number of aliphatic carboxylic acids is 2. The van der Waals surface area contributed by atoms with Crippen LogP contribution in [0.25, 0.3) is 6.08 Å². The standard InChI is InChI=1S/C19H12ClF2N3O7/c20-11-7-13(22)12(21)6-10(11)16(28)25-19(32)24-14-5-9(23-17(29)18(30)31)3-1-8(14)2-4-15(26)27/h1-7H,(H,23,29)(H,26,27)(H,30,31)(H2,24,25,28,32)/b4-2+. The predicted molar refractivity (Wildman–Crippen MR) is 107 cm³/mol. The molecular formula is C19H12ClF2N3O7. The van der Waals surface area contributed by atoms with Gasteiger partial charge in [-0.05, 0) is 35.9 Å². The molecule has 10 nitrogen and oxygen atoms in total. The van der Waals surface area contributed by atoms with Gasteiger partial charge < -0.3 is 20.8 Å². The Labute approximate surface area is 182 Å². The van der Waals surface area contributed by atoms with E-state index in [-0.39, 0.29) is 16.9 Å². The summed E-state index contributed by atoms with van der Waals surface area (Å²) in [5.41, 5.74) is -0.633. The molecule has 0 aliphatic carbocycles. The Hall–Kier alpha value is -4.32. The van der Waals surface area contributed by atoms with Crippen LogP contribution in [0.5, 0.6) is 0 Å². The van der Waals surface area contributed by atoms with Gasteiger partial charge in [-0.1, -0.05) is 17.7 Å². The quantitative estimate of drug-likeness (QED) is 0.256. The summed E-state index contributed by atoms with van der Waals surface area (Å²) in [6, 6.07) is 3.44. The van der Waals surface area contributed by atoms with Gasteiger partial charge in [-0.2, -0.15) is 0 Å². The van der Waals surface area contributed by atoms with Gasteiger partial charge in [0.1, 0.15) is 0 Å². The predicted octanol–water partition coefficient (Wildman–Crippen LogP) is 2.70. The van der Waals surface area contributed by atoms with Crippen LogP contribution < -0.4 is 16.0 Å². The van der Waals surface area contributed by atoms with Crippen molar-refractivity contribution in [3.05, 3.63) is 64.2 Å². The molecule has 2 aromatic rings. The molecule has 0 spiro atoms. The maximum Gasteiger partial charge on any atom is 0.394 e. The number of rotatable bonds is 5. The number of carbonyl (C=O) groups is 5. The number of carbonyl (C=O) groups excluding carboxylic acids is 3. The summed E-state index contributed by atoms with van der Waals surface area (Å²) in [5.74, 6) is -8.32. The molecule has 0 unspecified atom stereocenters. The van der Waals surface area contributed by atoms with E-state index in [2.05, 4.69) is 5.32 Å². The SMILES string of the molecule is O=C(O)/C=C/c1ccc(NC(=O)C(=O)O)cc1NC(=O)NC(=O)c1cc(F)c(F)cc1Cl. The van der Waals surface area contributed by atoms with Crippen molar-refractivity contribution in [1.82, 2.24) is 5.32 Å². The smallest absolute Gasteiger partial charge is 0.394 e.